The molecule has 3 aromatic rings. The molecule has 5 nitrogen and oxygen atoms in total. The van der Waals surface area contributed by atoms with E-state index in [4.69, 9.17) is 14.2 Å². The van der Waals surface area contributed by atoms with Crippen molar-refractivity contribution in [2.75, 3.05) is 13.2 Å². The summed E-state index contributed by atoms with van der Waals surface area (Å²) in [5, 5.41) is 10.6. The van der Waals surface area contributed by atoms with Gasteiger partial charge in [-0.3, -0.25) is 4.98 Å². The van der Waals surface area contributed by atoms with E-state index in [2.05, 4.69) is 18.8 Å². The standard InChI is InChI=1S/C29H37NO4/c1-6-15-32-24-17-21(18-25(19-24)33-16-7-2)20-34-23-13-11-22(12-14-23)26-9-8-10-27(30-26)28(31)29(3,4)5/h8-14,17-19,28,31H,6-7,15-16,20H2,1-5H3/t28-/m1/s1. The van der Waals surface area contributed by atoms with Gasteiger partial charge < -0.3 is 19.3 Å². The molecule has 5 heteroatoms. The summed E-state index contributed by atoms with van der Waals surface area (Å²) in [6.45, 7) is 11.9. The number of benzene rings is 2. The quantitative estimate of drug-likeness (QED) is 0.332. The molecule has 2 aromatic carbocycles. The summed E-state index contributed by atoms with van der Waals surface area (Å²) in [6.07, 6.45) is 1.27. The number of hydrogen-bond acceptors (Lipinski definition) is 5. The first-order valence-corrected chi connectivity index (χ1v) is 12.1. The van der Waals surface area contributed by atoms with Crippen molar-refractivity contribution < 1.29 is 19.3 Å². The molecule has 0 unspecified atom stereocenters. The maximum atomic E-state index is 10.6. The maximum absolute atomic E-state index is 10.6. The van der Waals surface area contributed by atoms with Crippen LogP contribution in [0.15, 0.2) is 60.7 Å². The van der Waals surface area contributed by atoms with E-state index in [1.165, 1.54) is 0 Å². The van der Waals surface area contributed by atoms with Crippen LogP contribution in [0.4, 0.5) is 0 Å². The molecular formula is C29H37NO4. The summed E-state index contributed by atoms with van der Waals surface area (Å²) in [6, 6.07) is 19.5. The van der Waals surface area contributed by atoms with E-state index >= 15 is 0 Å². The Hall–Kier alpha value is -3.05. The monoisotopic (exact) mass is 463 g/mol. The van der Waals surface area contributed by atoms with Gasteiger partial charge in [0.2, 0.25) is 0 Å². The first-order valence-electron chi connectivity index (χ1n) is 12.1. The third kappa shape index (κ3) is 7.22. The highest BCUT2D eigenvalue weighted by atomic mass is 16.5. The van der Waals surface area contributed by atoms with Gasteiger partial charge in [0.05, 0.1) is 24.6 Å². The van der Waals surface area contributed by atoms with Gasteiger partial charge in [-0.1, -0.05) is 40.7 Å². The van der Waals surface area contributed by atoms with Crippen molar-refractivity contribution in [3.8, 4) is 28.5 Å². The first kappa shape index (κ1) is 25.6. The van der Waals surface area contributed by atoms with Gasteiger partial charge >= 0.3 is 0 Å². The summed E-state index contributed by atoms with van der Waals surface area (Å²) >= 11 is 0. The van der Waals surface area contributed by atoms with Crippen LogP contribution < -0.4 is 14.2 Å². The molecule has 0 radical (unpaired) electrons. The molecule has 3 rings (SSSR count). The minimum atomic E-state index is -0.627. The Morgan fingerprint density at radius 3 is 1.97 bits per heavy atom. The average Bonchev–Trinajstić information content (AvgIpc) is 2.84. The van der Waals surface area contributed by atoms with Gasteiger partial charge in [-0.25, -0.2) is 0 Å². The van der Waals surface area contributed by atoms with Crippen LogP contribution in [-0.4, -0.2) is 23.3 Å². The van der Waals surface area contributed by atoms with E-state index in [9.17, 15) is 5.11 Å². The van der Waals surface area contributed by atoms with Crippen molar-refractivity contribution in [1.82, 2.24) is 4.98 Å². The van der Waals surface area contributed by atoms with Crippen molar-refractivity contribution in [2.24, 2.45) is 5.41 Å². The zero-order valence-corrected chi connectivity index (χ0v) is 21.0. The Kier molecular flexibility index (Phi) is 8.94. The molecule has 0 aliphatic heterocycles. The SMILES string of the molecule is CCCOc1cc(COc2ccc(-c3cccc([C@@H](O)C(C)(C)C)n3)cc2)cc(OCCC)c1. The van der Waals surface area contributed by atoms with Gasteiger partial charge in [0.25, 0.3) is 0 Å². The number of nitrogens with zero attached hydrogens (tertiary/aromatic N) is 1. The Morgan fingerprint density at radius 1 is 0.794 bits per heavy atom. The number of aliphatic hydroxyl groups excluding tert-OH is 1. The van der Waals surface area contributed by atoms with Gasteiger partial charge in [0.1, 0.15) is 30.0 Å². The predicted octanol–water partition coefficient (Wildman–Crippen LogP) is 6.98. The van der Waals surface area contributed by atoms with Crippen LogP contribution in [0.25, 0.3) is 11.3 Å². The minimum absolute atomic E-state index is 0.274. The molecule has 0 aliphatic rings. The zero-order chi connectivity index (χ0) is 24.6. The summed E-state index contributed by atoms with van der Waals surface area (Å²) in [4.78, 5) is 4.68. The topological polar surface area (TPSA) is 60.8 Å². The first-order chi connectivity index (χ1) is 16.3. The normalized spacial score (nSPS) is 12.3. The fraction of sp³-hybridized carbons (Fsp3) is 0.414. The molecule has 0 bridgehead atoms. The van der Waals surface area contributed by atoms with Gasteiger partial charge in [-0.05, 0) is 72.4 Å². The Morgan fingerprint density at radius 2 is 1.41 bits per heavy atom. The second-order valence-corrected chi connectivity index (χ2v) is 9.54. The molecule has 0 spiro atoms. The van der Waals surface area contributed by atoms with Crippen LogP contribution in [0, 0.1) is 5.41 Å². The molecule has 0 fully saturated rings. The number of aliphatic hydroxyl groups is 1. The molecule has 1 heterocycles. The second kappa shape index (κ2) is 11.9. The van der Waals surface area contributed by atoms with E-state index in [-0.39, 0.29) is 5.41 Å². The molecule has 0 saturated carbocycles. The Balaban J connectivity index is 1.69. The highest BCUT2D eigenvalue weighted by Crippen LogP contribution is 2.32. The summed E-state index contributed by atoms with van der Waals surface area (Å²) < 4.78 is 17.7. The third-order valence-corrected chi connectivity index (χ3v) is 5.31. The summed E-state index contributed by atoms with van der Waals surface area (Å²) in [7, 11) is 0. The molecular weight excluding hydrogens is 426 g/mol. The number of ether oxygens (including phenoxy) is 3. The summed E-state index contributed by atoms with van der Waals surface area (Å²) in [5.41, 5.74) is 3.20. The smallest absolute Gasteiger partial charge is 0.123 e. The van der Waals surface area contributed by atoms with E-state index < -0.39 is 6.10 Å². The van der Waals surface area contributed by atoms with Crippen molar-refractivity contribution in [3.63, 3.8) is 0 Å². The van der Waals surface area contributed by atoms with Crippen LogP contribution in [0.5, 0.6) is 17.2 Å². The largest absolute Gasteiger partial charge is 0.493 e. The number of pyridine rings is 1. The molecule has 0 amide bonds. The molecule has 0 aliphatic carbocycles. The van der Waals surface area contributed by atoms with Gasteiger partial charge in [0, 0.05) is 11.6 Å². The highest BCUT2D eigenvalue weighted by molar-refractivity contribution is 5.60. The molecule has 182 valence electrons. The van der Waals surface area contributed by atoms with Gasteiger partial charge in [0.15, 0.2) is 0 Å². The molecule has 1 N–H and O–H groups in total. The lowest BCUT2D eigenvalue weighted by Gasteiger charge is -2.25. The lowest BCUT2D eigenvalue weighted by Crippen LogP contribution is -2.19. The van der Waals surface area contributed by atoms with Crippen molar-refractivity contribution >= 4 is 0 Å². The minimum Gasteiger partial charge on any atom is -0.493 e. The lowest BCUT2D eigenvalue weighted by molar-refractivity contribution is 0.0590. The van der Waals surface area contributed by atoms with E-state index in [1.807, 2.05) is 81.4 Å². The molecule has 0 saturated heterocycles. The van der Waals surface area contributed by atoms with Crippen LogP contribution in [0.2, 0.25) is 0 Å². The molecule has 1 atom stereocenters. The molecule has 34 heavy (non-hydrogen) atoms. The lowest BCUT2D eigenvalue weighted by atomic mass is 9.87. The van der Waals surface area contributed by atoms with Gasteiger partial charge in [-0.2, -0.15) is 0 Å². The van der Waals surface area contributed by atoms with Crippen LogP contribution in [0.1, 0.15) is 64.8 Å². The zero-order valence-electron chi connectivity index (χ0n) is 21.0. The van der Waals surface area contributed by atoms with Gasteiger partial charge in [-0.15, -0.1) is 0 Å². The van der Waals surface area contributed by atoms with Crippen molar-refractivity contribution in [3.05, 3.63) is 71.9 Å². The van der Waals surface area contributed by atoms with Crippen LogP contribution in [0.3, 0.4) is 0 Å². The van der Waals surface area contributed by atoms with Crippen molar-refractivity contribution in [2.45, 2.75) is 60.2 Å². The van der Waals surface area contributed by atoms with E-state index in [0.717, 1.165) is 46.9 Å². The maximum Gasteiger partial charge on any atom is 0.123 e. The van der Waals surface area contributed by atoms with E-state index in [1.54, 1.807) is 0 Å². The van der Waals surface area contributed by atoms with Crippen molar-refractivity contribution in [1.29, 1.82) is 0 Å². The van der Waals surface area contributed by atoms with Crippen LogP contribution in [-0.2, 0) is 6.61 Å². The summed E-state index contributed by atoms with van der Waals surface area (Å²) in [5.74, 6) is 2.37. The fourth-order valence-corrected chi connectivity index (χ4v) is 3.42. The number of rotatable bonds is 11. The Labute approximate surface area is 203 Å². The van der Waals surface area contributed by atoms with Crippen LogP contribution >= 0.6 is 0 Å². The third-order valence-electron chi connectivity index (χ3n) is 5.31. The second-order valence-electron chi connectivity index (χ2n) is 9.54. The van der Waals surface area contributed by atoms with E-state index in [0.29, 0.717) is 25.5 Å². The number of aromatic nitrogens is 1. The number of hydrogen-bond donors (Lipinski definition) is 1. The Bertz CT molecular complexity index is 1010. The molecule has 1 aromatic heterocycles. The average molecular weight is 464 g/mol. The highest BCUT2D eigenvalue weighted by Gasteiger charge is 2.25. The predicted molar refractivity (Wildman–Crippen MR) is 136 cm³/mol. The fourth-order valence-electron chi connectivity index (χ4n) is 3.42.